The highest BCUT2D eigenvalue weighted by Crippen LogP contribution is 2.09. The van der Waals surface area contributed by atoms with Gasteiger partial charge in [-0.2, -0.15) is 0 Å². The number of nitrogens with zero attached hydrogens (tertiary/aromatic N) is 4. The fourth-order valence-corrected chi connectivity index (χ4v) is 1.46. The van der Waals surface area contributed by atoms with E-state index >= 15 is 0 Å². The molecule has 0 aliphatic rings. The van der Waals surface area contributed by atoms with Crippen LogP contribution in [-0.4, -0.2) is 21.5 Å². The van der Waals surface area contributed by atoms with E-state index in [1.54, 1.807) is 20.8 Å². The molecule has 0 N–H and O–H groups in total. The summed E-state index contributed by atoms with van der Waals surface area (Å²) in [5.74, 6) is 0.0629. The third-order valence-corrected chi connectivity index (χ3v) is 2.10. The van der Waals surface area contributed by atoms with Crippen LogP contribution >= 0.6 is 0 Å². The van der Waals surface area contributed by atoms with Gasteiger partial charge in [0.05, 0.1) is 11.4 Å². The fourth-order valence-electron chi connectivity index (χ4n) is 1.46. The van der Waals surface area contributed by atoms with Gasteiger partial charge in [0.1, 0.15) is 5.82 Å². The van der Waals surface area contributed by atoms with Gasteiger partial charge in [-0.1, -0.05) is 9.70 Å². The lowest BCUT2D eigenvalue weighted by Gasteiger charge is -2.05. The van der Waals surface area contributed by atoms with Gasteiger partial charge in [0.15, 0.2) is 11.7 Å². The second-order valence-corrected chi connectivity index (χ2v) is 3.77. The summed E-state index contributed by atoms with van der Waals surface area (Å²) < 4.78 is 25.6. The van der Waals surface area contributed by atoms with Gasteiger partial charge < -0.3 is 0 Å². The highest BCUT2D eigenvalue weighted by molar-refractivity contribution is 5.96. The maximum Gasteiger partial charge on any atom is 0.166 e. The summed E-state index contributed by atoms with van der Waals surface area (Å²) in [6.45, 7) is 6.36. The molecular weight excluding hydrogens is 226 g/mol. The average molecular weight is 240 g/mol. The summed E-state index contributed by atoms with van der Waals surface area (Å²) >= 11 is 0. The molecule has 0 atom stereocenters. The summed E-state index contributed by atoms with van der Waals surface area (Å²) in [6, 6.07) is 0. The topological polar surface area (TPSA) is 50.5 Å². The lowest BCUT2D eigenvalue weighted by molar-refractivity contribution is 0.535. The van der Waals surface area contributed by atoms with Crippen LogP contribution in [0.25, 0.3) is 0 Å². The third kappa shape index (κ3) is 3.65. The monoisotopic (exact) mass is 240 g/mol. The van der Waals surface area contributed by atoms with Crippen molar-refractivity contribution in [3.8, 4) is 0 Å². The smallest absolute Gasteiger partial charge is 0.166 e. The van der Waals surface area contributed by atoms with E-state index in [1.165, 1.54) is 6.92 Å². The van der Waals surface area contributed by atoms with Crippen LogP contribution in [0.2, 0.25) is 0 Å². The van der Waals surface area contributed by atoms with E-state index in [1.807, 2.05) is 0 Å². The van der Waals surface area contributed by atoms with Gasteiger partial charge in [-0.15, -0.1) is 0 Å². The highest BCUT2D eigenvalue weighted by Gasteiger charge is 2.10. The van der Waals surface area contributed by atoms with E-state index in [9.17, 15) is 8.87 Å². The lowest BCUT2D eigenvalue weighted by atomic mass is 10.2. The van der Waals surface area contributed by atoms with Crippen LogP contribution in [0.3, 0.4) is 0 Å². The predicted octanol–water partition coefficient (Wildman–Crippen LogP) is 2.54. The molecule has 0 radical (unpaired) electrons. The molecule has 1 heterocycles. The van der Waals surface area contributed by atoms with E-state index in [2.05, 4.69) is 20.2 Å². The fraction of sp³-hybridized carbons (Fsp3) is 0.455. The quantitative estimate of drug-likeness (QED) is 0.589. The molecule has 0 spiro atoms. The first-order valence-corrected chi connectivity index (χ1v) is 5.13. The van der Waals surface area contributed by atoms with Crippen LogP contribution in [-0.2, 0) is 6.42 Å². The van der Waals surface area contributed by atoms with Crippen molar-refractivity contribution < 1.29 is 8.87 Å². The molecule has 1 aromatic heterocycles. The molecule has 0 saturated heterocycles. The van der Waals surface area contributed by atoms with Crippen LogP contribution in [0.1, 0.15) is 31.1 Å². The van der Waals surface area contributed by atoms with Gasteiger partial charge in [-0.25, -0.2) is 19.4 Å². The molecular formula is C11H14F2N4. The van der Waals surface area contributed by atoms with Crippen LogP contribution in [0, 0.1) is 19.7 Å². The van der Waals surface area contributed by atoms with Crippen molar-refractivity contribution in [3.63, 3.8) is 0 Å². The normalized spacial score (nSPS) is 13.1. The zero-order valence-electron chi connectivity index (χ0n) is 10.3. The Balaban J connectivity index is 3.00. The van der Waals surface area contributed by atoms with Crippen molar-refractivity contribution >= 4 is 11.5 Å². The first kappa shape index (κ1) is 13.3. The van der Waals surface area contributed by atoms with Gasteiger partial charge in [0.2, 0.25) is 0 Å². The molecule has 17 heavy (non-hydrogen) atoms. The molecule has 0 bridgehead atoms. The van der Waals surface area contributed by atoms with Gasteiger partial charge >= 0.3 is 0 Å². The van der Waals surface area contributed by atoms with Crippen LogP contribution in [0.15, 0.2) is 10.2 Å². The lowest BCUT2D eigenvalue weighted by Crippen LogP contribution is -2.09. The number of aliphatic imine (C=N–C) groups is 1. The first-order valence-electron chi connectivity index (χ1n) is 5.13. The number of rotatable bonds is 2. The maximum absolute atomic E-state index is 13.7. The summed E-state index contributed by atoms with van der Waals surface area (Å²) in [4.78, 5) is 11.8. The van der Waals surface area contributed by atoms with Crippen molar-refractivity contribution in [1.82, 2.24) is 9.97 Å². The predicted molar refractivity (Wildman–Crippen MR) is 62.5 cm³/mol. The second kappa shape index (κ2) is 5.56. The first-order chi connectivity index (χ1) is 7.93. The largest absolute Gasteiger partial charge is 0.240 e. The van der Waals surface area contributed by atoms with Crippen molar-refractivity contribution in [2.75, 3.05) is 0 Å². The molecule has 0 aliphatic heterocycles. The Hall–Kier alpha value is -1.72. The second-order valence-electron chi connectivity index (χ2n) is 3.77. The zero-order chi connectivity index (χ0) is 13.0. The van der Waals surface area contributed by atoms with E-state index in [4.69, 9.17) is 0 Å². The summed E-state index contributed by atoms with van der Waals surface area (Å²) in [5, 5.41) is 2.43. The minimum absolute atomic E-state index is 0.00501. The van der Waals surface area contributed by atoms with Gasteiger partial charge in [-0.05, 0) is 27.7 Å². The number of amidine groups is 1. The maximum atomic E-state index is 13.7. The number of hydrogen-bond donors (Lipinski definition) is 0. The Kier molecular flexibility index (Phi) is 4.37. The Morgan fingerprint density at radius 1 is 1.24 bits per heavy atom. The van der Waals surface area contributed by atoms with E-state index in [-0.39, 0.29) is 18.0 Å². The molecule has 1 aromatic rings. The standard InChI is InChI=1S/C11H14F2N4/c1-6(14-9(4)17-13)5-10-11(12)7(2)15-8(3)16-10/h5H2,1-4H3/b14-6-,17-9-. The minimum Gasteiger partial charge on any atom is -0.240 e. The number of aryl methyl sites for hydroxylation is 2. The Morgan fingerprint density at radius 2 is 1.88 bits per heavy atom. The molecule has 92 valence electrons. The molecule has 0 aromatic carbocycles. The van der Waals surface area contributed by atoms with Crippen molar-refractivity contribution in [3.05, 3.63) is 23.0 Å². The molecule has 0 aliphatic carbocycles. The summed E-state index contributed by atoms with van der Waals surface area (Å²) in [6.07, 6.45) is 0.211. The molecule has 1 rings (SSSR count). The van der Waals surface area contributed by atoms with Gasteiger partial charge in [0, 0.05) is 12.1 Å². The Labute approximate surface area is 98.5 Å². The van der Waals surface area contributed by atoms with Crippen LogP contribution in [0.5, 0.6) is 0 Å². The number of hydrogen-bond acceptors (Lipinski definition) is 3. The molecule has 0 fully saturated rings. The third-order valence-electron chi connectivity index (χ3n) is 2.10. The zero-order valence-corrected chi connectivity index (χ0v) is 10.3. The van der Waals surface area contributed by atoms with E-state index in [0.717, 1.165) is 0 Å². The van der Waals surface area contributed by atoms with Crippen molar-refractivity contribution in [2.45, 2.75) is 34.1 Å². The van der Waals surface area contributed by atoms with Crippen LogP contribution in [0.4, 0.5) is 8.87 Å². The molecule has 6 heteroatoms. The number of halogens is 2. The highest BCUT2D eigenvalue weighted by atomic mass is 19.2. The molecule has 0 saturated carbocycles. The summed E-state index contributed by atoms with van der Waals surface area (Å²) in [7, 11) is 0. The minimum atomic E-state index is -0.444. The molecule has 4 nitrogen and oxygen atoms in total. The summed E-state index contributed by atoms with van der Waals surface area (Å²) in [5.41, 5.74) is 1.11. The van der Waals surface area contributed by atoms with E-state index in [0.29, 0.717) is 17.2 Å². The van der Waals surface area contributed by atoms with Gasteiger partial charge in [0.25, 0.3) is 0 Å². The molecule has 0 unspecified atom stereocenters. The van der Waals surface area contributed by atoms with Crippen molar-refractivity contribution in [1.29, 1.82) is 0 Å². The molecule has 0 amide bonds. The number of aromatic nitrogens is 2. The van der Waals surface area contributed by atoms with E-state index < -0.39 is 5.82 Å². The Bertz CT molecular complexity index is 481. The van der Waals surface area contributed by atoms with Gasteiger partial charge in [-0.3, -0.25) is 0 Å². The SMILES string of the molecule is C/C(Cc1nc(C)nc(C)c1F)=N/C(C)=N\F. The van der Waals surface area contributed by atoms with Crippen molar-refractivity contribution in [2.24, 2.45) is 10.2 Å². The average Bonchev–Trinajstić information content (AvgIpc) is 2.24. The Morgan fingerprint density at radius 3 is 2.47 bits per heavy atom. The van der Waals surface area contributed by atoms with Crippen LogP contribution < -0.4 is 0 Å².